The highest BCUT2D eigenvalue weighted by Crippen LogP contribution is 2.32. The molecule has 0 radical (unpaired) electrons. The number of amides is 1. The zero-order chi connectivity index (χ0) is 14.6. The second-order valence-corrected chi connectivity index (χ2v) is 6.29. The number of rotatable bonds is 4. The summed E-state index contributed by atoms with van der Waals surface area (Å²) in [4.78, 5) is 12.7. The van der Waals surface area contributed by atoms with Gasteiger partial charge in [-0.1, -0.05) is 22.0 Å². The van der Waals surface area contributed by atoms with Crippen LogP contribution in [0.3, 0.4) is 0 Å². The number of methoxy groups -OCH3 is 1. The van der Waals surface area contributed by atoms with Crippen molar-refractivity contribution in [3.05, 3.63) is 28.2 Å². The summed E-state index contributed by atoms with van der Waals surface area (Å²) in [5.41, 5.74) is 1.50. The Balaban J connectivity index is 2.18. The van der Waals surface area contributed by atoms with Crippen LogP contribution in [0.4, 0.5) is 5.69 Å². The fourth-order valence-electron chi connectivity index (χ4n) is 2.60. The second kappa shape index (κ2) is 6.70. The molecule has 1 amide bonds. The highest BCUT2D eigenvalue weighted by Gasteiger charge is 2.39. The number of hydrogen-bond acceptors (Lipinski definition) is 3. The minimum Gasteiger partial charge on any atom is -0.384 e. The van der Waals surface area contributed by atoms with Crippen LogP contribution in [0.2, 0.25) is 0 Å². The molecule has 2 N–H and O–H groups in total. The lowest BCUT2D eigenvalue weighted by Gasteiger charge is -2.35. The van der Waals surface area contributed by atoms with Crippen LogP contribution in [0.25, 0.3) is 0 Å². The van der Waals surface area contributed by atoms with Crippen molar-refractivity contribution in [2.24, 2.45) is 5.41 Å². The molecule has 4 nitrogen and oxygen atoms in total. The molecule has 1 fully saturated rings. The second-order valence-electron chi connectivity index (χ2n) is 5.38. The Labute approximate surface area is 128 Å². The molecule has 0 aromatic heterocycles. The van der Waals surface area contributed by atoms with E-state index in [0.29, 0.717) is 6.61 Å². The van der Waals surface area contributed by atoms with Crippen molar-refractivity contribution in [3.8, 4) is 0 Å². The van der Waals surface area contributed by atoms with Crippen LogP contribution in [0.5, 0.6) is 0 Å². The quantitative estimate of drug-likeness (QED) is 0.885. The van der Waals surface area contributed by atoms with Crippen molar-refractivity contribution in [3.63, 3.8) is 0 Å². The first kappa shape index (κ1) is 15.5. The summed E-state index contributed by atoms with van der Waals surface area (Å²) in [6, 6.07) is 5.90. The van der Waals surface area contributed by atoms with Gasteiger partial charge >= 0.3 is 0 Å². The average molecular weight is 341 g/mol. The van der Waals surface area contributed by atoms with E-state index in [4.69, 9.17) is 4.74 Å². The minimum atomic E-state index is -0.422. The van der Waals surface area contributed by atoms with E-state index in [1.807, 2.05) is 25.1 Å². The van der Waals surface area contributed by atoms with Gasteiger partial charge in [0.15, 0.2) is 0 Å². The molecule has 5 heteroatoms. The lowest BCUT2D eigenvalue weighted by atomic mass is 9.78. The zero-order valence-electron chi connectivity index (χ0n) is 12.0. The third-order valence-electron chi connectivity index (χ3n) is 3.91. The Hall–Kier alpha value is -0.910. The maximum absolute atomic E-state index is 12.7. The number of anilines is 1. The lowest BCUT2D eigenvalue weighted by molar-refractivity contribution is -0.130. The molecule has 2 rings (SSSR count). The molecule has 0 bridgehead atoms. The molecule has 1 aromatic rings. The summed E-state index contributed by atoms with van der Waals surface area (Å²) in [5, 5.41) is 6.36. The smallest absolute Gasteiger partial charge is 0.233 e. The van der Waals surface area contributed by atoms with Gasteiger partial charge in [0.2, 0.25) is 5.91 Å². The molecule has 1 heterocycles. The number of hydrogen-bond donors (Lipinski definition) is 2. The first-order valence-corrected chi connectivity index (χ1v) is 7.64. The maximum atomic E-state index is 12.7. The Morgan fingerprint density at radius 1 is 1.45 bits per heavy atom. The number of benzene rings is 1. The highest BCUT2D eigenvalue weighted by molar-refractivity contribution is 9.10. The first-order chi connectivity index (χ1) is 9.57. The monoisotopic (exact) mass is 340 g/mol. The van der Waals surface area contributed by atoms with E-state index in [1.165, 1.54) is 0 Å². The summed E-state index contributed by atoms with van der Waals surface area (Å²) >= 11 is 3.44. The van der Waals surface area contributed by atoms with Crippen LogP contribution < -0.4 is 10.6 Å². The van der Waals surface area contributed by atoms with Crippen molar-refractivity contribution in [1.82, 2.24) is 5.32 Å². The van der Waals surface area contributed by atoms with E-state index in [9.17, 15) is 4.79 Å². The predicted octanol–water partition coefficient (Wildman–Crippen LogP) is 2.71. The van der Waals surface area contributed by atoms with Crippen LogP contribution >= 0.6 is 15.9 Å². The van der Waals surface area contributed by atoms with Gasteiger partial charge in [0, 0.05) is 17.3 Å². The molecule has 110 valence electrons. The van der Waals surface area contributed by atoms with E-state index >= 15 is 0 Å². The normalized spacial score (nSPS) is 17.8. The lowest BCUT2D eigenvalue weighted by Crippen LogP contribution is -2.47. The summed E-state index contributed by atoms with van der Waals surface area (Å²) in [6.07, 6.45) is 1.61. The Morgan fingerprint density at radius 3 is 2.80 bits per heavy atom. The van der Waals surface area contributed by atoms with Gasteiger partial charge in [-0.05, 0) is 50.6 Å². The summed E-state index contributed by atoms with van der Waals surface area (Å²) in [6.45, 7) is 4.17. The van der Waals surface area contributed by atoms with E-state index in [1.54, 1.807) is 7.11 Å². The molecular formula is C15H21BrN2O2. The van der Waals surface area contributed by atoms with Crippen molar-refractivity contribution in [2.45, 2.75) is 19.8 Å². The van der Waals surface area contributed by atoms with Gasteiger partial charge in [-0.15, -0.1) is 0 Å². The molecule has 1 aliphatic heterocycles. The molecule has 1 aliphatic rings. The predicted molar refractivity (Wildman–Crippen MR) is 83.9 cm³/mol. The van der Waals surface area contributed by atoms with Gasteiger partial charge in [-0.25, -0.2) is 0 Å². The Kier molecular flexibility index (Phi) is 5.18. The Bertz CT molecular complexity index is 479. The zero-order valence-corrected chi connectivity index (χ0v) is 13.5. The third-order valence-corrected chi connectivity index (χ3v) is 4.40. The number of ether oxygens (including phenoxy) is 1. The summed E-state index contributed by atoms with van der Waals surface area (Å²) in [5.74, 6) is 0.0575. The molecule has 1 aromatic carbocycles. The molecule has 0 unspecified atom stereocenters. The number of aryl methyl sites for hydroxylation is 1. The van der Waals surface area contributed by atoms with Gasteiger partial charge in [0.25, 0.3) is 0 Å². The van der Waals surface area contributed by atoms with Crippen LogP contribution in [0.15, 0.2) is 22.7 Å². The standard InChI is InChI=1S/C15H21BrN2O2/c1-11-3-4-12(16)9-13(11)18-14(19)15(10-20-2)5-7-17-8-6-15/h3-4,9,17H,5-8,10H2,1-2H3,(H,18,19). The summed E-state index contributed by atoms with van der Waals surface area (Å²) < 4.78 is 6.26. The minimum absolute atomic E-state index is 0.0575. The maximum Gasteiger partial charge on any atom is 0.233 e. The number of halogens is 1. The third kappa shape index (κ3) is 3.40. The van der Waals surface area contributed by atoms with Crippen LogP contribution in [0, 0.1) is 12.3 Å². The fraction of sp³-hybridized carbons (Fsp3) is 0.533. The topological polar surface area (TPSA) is 50.4 Å². The van der Waals surface area contributed by atoms with E-state index in [0.717, 1.165) is 41.7 Å². The fourth-order valence-corrected chi connectivity index (χ4v) is 2.96. The largest absolute Gasteiger partial charge is 0.384 e. The number of piperidine rings is 1. The van der Waals surface area contributed by atoms with Gasteiger partial charge in [0.1, 0.15) is 0 Å². The van der Waals surface area contributed by atoms with Crippen molar-refractivity contribution >= 4 is 27.5 Å². The number of nitrogens with one attached hydrogen (secondary N) is 2. The SMILES string of the molecule is COCC1(C(=O)Nc2cc(Br)ccc2C)CCNCC1. The van der Waals surface area contributed by atoms with Crippen molar-refractivity contribution < 1.29 is 9.53 Å². The van der Waals surface area contributed by atoms with Gasteiger partial charge in [-0.3, -0.25) is 4.79 Å². The molecule has 0 aliphatic carbocycles. The van der Waals surface area contributed by atoms with Crippen LogP contribution in [-0.2, 0) is 9.53 Å². The highest BCUT2D eigenvalue weighted by atomic mass is 79.9. The molecular weight excluding hydrogens is 320 g/mol. The van der Waals surface area contributed by atoms with E-state index in [-0.39, 0.29) is 5.91 Å². The summed E-state index contributed by atoms with van der Waals surface area (Å²) in [7, 11) is 1.65. The molecule has 1 saturated heterocycles. The van der Waals surface area contributed by atoms with Crippen LogP contribution in [0.1, 0.15) is 18.4 Å². The molecule has 0 spiro atoms. The number of carbonyl (C=O) groups is 1. The van der Waals surface area contributed by atoms with E-state index in [2.05, 4.69) is 26.6 Å². The van der Waals surface area contributed by atoms with Crippen molar-refractivity contribution in [2.75, 3.05) is 32.1 Å². The Morgan fingerprint density at radius 2 is 2.15 bits per heavy atom. The average Bonchev–Trinajstić information content (AvgIpc) is 2.44. The van der Waals surface area contributed by atoms with Crippen LogP contribution in [-0.4, -0.2) is 32.7 Å². The first-order valence-electron chi connectivity index (χ1n) is 6.85. The molecule has 20 heavy (non-hydrogen) atoms. The molecule has 0 atom stereocenters. The van der Waals surface area contributed by atoms with Crippen molar-refractivity contribution in [1.29, 1.82) is 0 Å². The van der Waals surface area contributed by atoms with Gasteiger partial charge in [0.05, 0.1) is 12.0 Å². The molecule has 0 saturated carbocycles. The van der Waals surface area contributed by atoms with Gasteiger partial charge < -0.3 is 15.4 Å². The van der Waals surface area contributed by atoms with E-state index < -0.39 is 5.41 Å². The van der Waals surface area contributed by atoms with Gasteiger partial charge in [-0.2, -0.15) is 0 Å². The number of carbonyl (C=O) groups excluding carboxylic acids is 1.